The van der Waals surface area contributed by atoms with Gasteiger partial charge >= 0.3 is 11.9 Å². The van der Waals surface area contributed by atoms with Crippen LogP contribution in [0, 0.1) is 5.41 Å². The highest BCUT2D eigenvalue weighted by Gasteiger charge is 2.46. The number of unbranched alkanes of at least 4 members (excludes halogenated alkanes) is 9. The third-order valence-corrected chi connectivity index (χ3v) is 6.21. The van der Waals surface area contributed by atoms with E-state index in [-0.39, 0.29) is 6.10 Å². The summed E-state index contributed by atoms with van der Waals surface area (Å²) in [6, 6.07) is 0. The molecule has 0 bridgehead atoms. The third-order valence-electron chi connectivity index (χ3n) is 6.21. The average molecular weight is 427 g/mol. The highest BCUT2D eigenvalue weighted by Crippen LogP contribution is 2.31. The average Bonchev–Trinajstić information content (AvgIpc) is 2.73. The molecule has 0 unspecified atom stereocenters. The quantitative estimate of drug-likeness (QED) is 0.113. The summed E-state index contributed by atoms with van der Waals surface area (Å²) < 4.78 is 11.3. The minimum atomic E-state index is -1.15. The molecule has 0 N–H and O–H groups in total. The molecule has 30 heavy (non-hydrogen) atoms. The van der Waals surface area contributed by atoms with Crippen LogP contribution in [0.25, 0.3) is 0 Å². The number of esters is 2. The highest BCUT2D eigenvalue weighted by atomic mass is 16.6. The van der Waals surface area contributed by atoms with Crippen molar-refractivity contribution < 1.29 is 19.1 Å². The summed E-state index contributed by atoms with van der Waals surface area (Å²) in [5.74, 6) is -0.798. The molecule has 4 heteroatoms. The largest absolute Gasteiger partial charge is 0.465 e. The van der Waals surface area contributed by atoms with E-state index in [2.05, 4.69) is 20.8 Å². The number of hydrogen-bond donors (Lipinski definition) is 0. The zero-order chi connectivity index (χ0) is 22.7. The molecule has 178 valence electrons. The fraction of sp³-hybridized carbons (Fsp3) is 0.923. The van der Waals surface area contributed by atoms with Gasteiger partial charge in [0.15, 0.2) is 5.41 Å². The van der Waals surface area contributed by atoms with Crippen LogP contribution in [0.3, 0.4) is 0 Å². The summed E-state index contributed by atoms with van der Waals surface area (Å²) in [5.41, 5.74) is -1.15. The Labute approximate surface area is 186 Å². The molecule has 0 radical (unpaired) electrons. The van der Waals surface area contributed by atoms with E-state index in [0.29, 0.717) is 19.4 Å². The molecule has 0 rings (SSSR count). The Morgan fingerprint density at radius 3 is 1.53 bits per heavy atom. The minimum absolute atomic E-state index is 0.0975. The van der Waals surface area contributed by atoms with E-state index in [1.54, 1.807) is 0 Å². The second-order valence-electron chi connectivity index (χ2n) is 8.71. The maximum Gasteiger partial charge on any atom is 0.323 e. The van der Waals surface area contributed by atoms with Gasteiger partial charge in [-0.05, 0) is 32.1 Å². The van der Waals surface area contributed by atoms with Crippen LogP contribution in [0.1, 0.15) is 137 Å². The summed E-state index contributed by atoms with van der Waals surface area (Å²) >= 11 is 0. The lowest BCUT2D eigenvalue weighted by molar-refractivity contribution is -0.177. The Kier molecular flexibility index (Phi) is 18.0. The van der Waals surface area contributed by atoms with Crippen LogP contribution < -0.4 is 0 Å². The molecule has 0 aliphatic heterocycles. The molecule has 0 aromatic heterocycles. The topological polar surface area (TPSA) is 52.6 Å². The van der Waals surface area contributed by atoms with Crippen LogP contribution in [0.15, 0.2) is 0 Å². The molecule has 4 nitrogen and oxygen atoms in total. The van der Waals surface area contributed by atoms with Crippen molar-refractivity contribution in [3.8, 4) is 0 Å². The van der Waals surface area contributed by atoms with Crippen LogP contribution in [0.4, 0.5) is 0 Å². The van der Waals surface area contributed by atoms with E-state index in [9.17, 15) is 9.59 Å². The van der Waals surface area contributed by atoms with Gasteiger partial charge in [0.05, 0.1) is 6.61 Å². The van der Waals surface area contributed by atoms with E-state index in [4.69, 9.17) is 9.47 Å². The van der Waals surface area contributed by atoms with Crippen molar-refractivity contribution in [1.29, 1.82) is 0 Å². The van der Waals surface area contributed by atoms with E-state index >= 15 is 0 Å². The first-order valence-corrected chi connectivity index (χ1v) is 12.9. The minimum Gasteiger partial charge on any atom is -0.465 e. The zero-order valence-corrected chi connectivity index (χ0v) is 20.7. The van der Waals surface area contributed by atoms with Crippen LogP contribution >= 0.6 is 0 Å². The van der Waals surface area contributed by atoms with Crippen molar-refractivity contribution in [3.63, 3.8) is 0 Å². The molecule has 0 aliphatic rings. The number of ether oxygens (including phenoxy) is 2. The van der Waals surface area contributed by atoms with Crippen LogP contribution in [0.5, 0.6) is 0 Å². The molecule has 0 heterocycles. The predicted octanol–water partition coefficient (Wildman–Crippen LogP) is 7.77. The Morgan fingerprint density at radius 1 is 0.633 bits per heavy atom. The molecule has 0 saturated heterocycles. The SMILES string of the molecule is CCCCCCCCCCCCOC(=O)C(CC)(CC)C(=O)OC(CCC)CCC. The van der Waals surface area contributed by atoms with Crippen molar-refractivity contribution >= 4 is 11.9 Å². The van der Waals surface area contributed by atoms with Gasteiger partial charge in [-0.3, -0.25) is 9.59 Å². The lowest BCUT2D eigenvalue weighted by Crippen LogP contribution is -2.42. The van der Waals surface area contributed by atoms with Crippen molar-refractivity contribution in [2.45, 2.75) is 143 Å². The number of carbonyl (C=O) groups excluding carboxylic acids is 2. The lowest BCUT2D eigenvalue weighted by atomic mass is 9.82. The highest BCUT2D eigenvalue weighted by molar-refractivity contribution is 6.00. The fourth-order valence-electron chi connectivity index (χ4n) is 3.97. The summed E-state index contributed by atoms with van der Waals surface area (Å²) in [6.07, 6.45) is 16.8. The first-order valence-electron chi connectivity index (χ1n) is 12.9. The Bertz CT molecular complexity index is 423. The van der Waals surface area contributed by atoms with E-state index in [0.717, 1.165) is 38.5 Å². The van der Waals surface area contributed by atoms with Crippen LogP contribution in [-0.2, 0) is 19.1 Å². The Morgan fingerprint density at radius 2 is 1.10 bits per heavy atom. The van der Waals surface area contributed by atoms with Crippen molar-refractivity contribution in [2.24, 2.45) is 5.41 Å². The van der Waals surface area contributed by atoms with Gasteiger partial charge in [-0.2, -0.15) is 0 Å². The molecule has 0 saturated carbocycles. The maximum atomic E-state index is 12.9. The maximum absolute atomic E-state index is 12.9. The summed E-state index contributed by atoms with van der Waals surface area (Å²) in [6.45, 7) is 10.6. The second kappa shape index (κ2) is 18.7. The smallest absolute Gasteiger partial charge is 0.323 e. The molecular formula is C26H50O4. The van der Waals surface area contributed by atoms with Crippen LogP contribution in [0.2, 0.25) is 0 Å². The summed E-state index contributed by atoms with van der Waals surface area (Å²) in [7, 11) is 0. The van der Waals surface area contributed by atoms with Gasteiger partial charge in [-0.15, -0.1) is 0 Å². The van der Waals surface area contributed by atoms with Gasteiger partial charge in [-0.25, -0.2) is 0 Å². The summed E-state index contributed by atoms with van der Waals surface area (Å²) in [5, 5.41) is 0. The molecule has 0 atom stereocenters. The molecule has 0 amide bonds. The third kappa shape index (κ3) is 11.4. The van der Waals surface area contributed by atoms with Gasteiger partial charge in [-0.1, -0.05) is 105 Å². The zero-order valence-electron chi connectivity index (χ0n) is 20.7. The fourth-order valence-corrected chi connectivity index (χ4v) is 3.97. The first kappa shape index (κ1) is 28.9. The van der Waals surface area contributed by atoms with Gasteiger partial charge < -0.3 is 9.47 Å². The van der Waals surface area contributed by atoms with Crippen LogP contribution in [-0.4, -0.2) is 24.6 Å². The van der Waals surface area contributed by atoms with Gasteiger partial charge in [0.25, 0.3) is 0 Å². The van der Waals surface area contributed by atoms with E-state index < -0.39 is 17.4 Å². The Balaban J connectivity index is 4.30. The molecule has 0 aromatic carbocycles. The molecule has 0 fully saturated rings. The first-order chi connectivity index (χ1) is 14.5. The number of rotatable bonds is 20. The molecular weight excluding hydrogens is 376 g/mol. The van der Waals surface area contributed by atoms with Crippen molar-refractivity contribution in [1.82, 2.24) is 0 Å². The molecule has 0 spiro atoms. The Hall–Kier alpha value is -1.06. The van der Waals surface area contributed by atoms with E-state index in [1.807, 2.05) is 13.8 Å². The normalized spacial score (nSPS) is 11.7. The van der Waals surface area contributed by atoms with Gasteiger partial charge in [0.1, 0.15) is 6.10 Å². The van der Waals surface area contributed by atoms with Gasteiger partial charge in [0, 0.05) is 0 Å². The number of hydrogen-bond acceptors (Lipinski definition) is 4. The van der Waals surface area contributed by atoms with Crippen molar-refractivity contribution in [3.05, 3.63) is 0 Å². The van der Waals surface area contributed by atoms with E-state index in [1.165, 1.54) is 51.4 Å². The van der Waals surface area contributed by atoms with Crippen molar-refractivity contribution in [2.75, 3.05) is 6.61 Å². The summed E-state index contributed by atoms with van der Waals surface area (Å²) in [4.78, 5) is 25.7. The van der Waals surface area contributed by atoms with Gasteiger partial charge in [0.2, 0.25) is 0 Å². The predicted molar refractivity (Wildman–Crippen MR) is 126 cm³/mol. The molecule has 0 aromatic rings. The monoisotopic (exact) mass is 426 g/mol. The second-order valence-corrected chi connectivity index (χ2v) is 8.71. The standard InChI is InChI=1S/C26H50O4/c1-6-11-12-13-14-15-16-17-18-19-22-29-24(27)26(9-4,10-5)25(28)30-23(20-7-2)21-8-3/h23H,6-22H2,1-5H3. The molecule has 0 aliphatic carbocycles. The lowest BCUT2D eigenvalue weighted by Gasteiger charge is -2.29. The number of carbonyl (C=O) groups is 2.